The molecule has 0 bridgehead atoms. The maximum Gasteiger partial charge on any atom is 0.226 e. The van der Waals surface area contributed by atoms with Crippen molar-refractivity contribution in [1.82, 2.24) is 4.90 Å². The number of aryl methyl sites for hydroxylation is 1. The summed E-state index contributed by atoms with van der Waals surface area (Å²) in [6, 6.07) is 21.6. The number of nitrogens with zero attached hydrogens (tertiary/aromatic N) is 2. The normalized spacial score (nSPS) is 17.3. The van der Waals surface area contributed by atoms with Crippen LogP contribution >= 0.6 is 0 Å². The molecule has 0 spiro atoms. The Labute approximate surface area is 301 Å². The van der Waals surface area contributed by atoms with Crippen molar-refractivity contribution in [3.8, 4) is 11.5 Å². The van der Waals surface area contributed by atoms with Gasteiger partial charge >= 0.3 is 0 Å². The van der Waals surface area contributed by atoms with E-state index in [-0.39, 0.29) is 42.8 Å². The Morgan fingerprint density at radius 1 is 0.804 bits per heavy atom. The van der Waals surface area contributed by atoms with Crippen LogP contribution in [0.25, 0.3) is 0 Å². The number of carbonyl (C=O) groups excluding carboxylic acids is 2. The lowest BCUT2D eigenvalue weighted by molar-refractivity contribution is -0.136. The molecule has 2 heterocycles. The fraction of sp³-hybridized carbons (Fsp3) is 0.512. The molecule has 2 atom stereocenters. The van der Waals surface area contributed by atoms with Crippen molar-refractivity contribution in [2.45, 2.75) is 89.4 Å². The molecule has 51 heavy (non-hydrogen) atoms. The first kappa shape index (κ1) is 38.3. The number of amides is 2. The minimum atomic E-state index is -0.222. The number of carbonyl (C=O) groups is 2. The molecule has 0 aromatic heterocycles. The number of benzene rings is 3. The summed E-state index contributed by atoms with van der Waals surface area (Å²) in [5.41, 5.74) is 5.01. The second-order valence-electron chi connectivity index (χ2n) is 13.5. The number of phenolic OH excluding ortho intramolecular Hbond substituents is 1. The second kappa shape index (κ2) is 20.2. The number of piperidine rings is 1. The molecule has 5 rings (SSSR count). The second-order valence-corrected chi connectivity index (χ2v) is 13.5. The Hall–Kier alpha value is -3.96. The average molecular weight is 703 g/mol. The van der Waals surface area contributed by atoms with Crippen molar-refractivity contribution >= 4 is 17.5 Å². The van der Waals surface area contributed by atoms with Crippen LogP contribution in [0.2, 0.25) is 0 Å². The lowest BCUT2D eigenvalue weighted by Crippen LogP contribution is -2.46. The Kier molecular flexibility index (Phi) is 15.1. The van der Waals surface area contributed by atoms with Crippen LogP contribution in [0.5, 0.6) is 11.5 Å². The van der Waals surface area contributed by atoms with Crippen LogP contribution < -0.4 is 9.64 Å². The minimum absolute atomic E-state index is 0.0840. The number of ether oxygens (including phenoxy) is 3. The third kappa shape index (κ3) is 11.3. The zero-order valence-corrected chi connectivity index (χ0v) is 29.7. The van der Waals surface area contributed by atoms with Gasteiger partial charge in [-0.3, -0.25) is 9.59 Å². The molecule has 10 heteroatoms. The first-order valence-electron chi connectivity index (χ1n) is 18.6. The molecule has 3 aromatic rings. The summed E-state index contributed by atoms with van der Waals surface area (Å²) in [4.78, 5) is 30.0. The molecule has 1 saturated heterocycles. The zero-order valence-electron chi connectivity index (χ0n) is 29.7. The van der Waals surface area contributed by atoms with E-state index >= 15 is 0 Å². The third-order valence-corrected chi connectivity index (χ3v) is 9.80. The molecule has 0 radical (unpaired) electrons. The van der Waals surface area contributed by atoms with Crippen LogP contribution in [0.15, 0.2) is 66.7 Å². The number of phenols is 1. The lowest BCUT2D eigenvalue weighted by atomic mass is 9.86. The van der Waals surface area contributed by atoms with E-state index in [9.17, 15) is 19.8 Å². The number of hydrogen-bond donors (Lipinski definition) is 3. The number of aliphatic hydroxyl groups is 2. The fourth-order valence-electron chi connectivity index (χ4n) is 6.91. The van der Waals surface area contributed by atoms with Crippen molar-refractivity contribution < 1.29 is 39.1 Å². The highest BCUT2D eigenvalue weighted by molar-refractivity contribution is 5.94. The van der Waals surface area contributed by atoms with Crippen LogP contribution in [-0.4, -0.2) is 84.2 Å². The predicted octanol–water partition coefficient (Wildman–Crippen LogP) is 5.88. The molecule has 2 amide bonds. The molecule has 10 nitrogen and oxygen atoms in total. The Balaban J connectivity index is 1.19. The van der Waals surface area contributed by atoms with Gasteiger partial charge in [-0.15, -0.1) is 0 Å². The number of likely N-dealkylation sites (tertiary alicyclic amines) is 1. The van der Waals surface area contributed by atoms with E-state index in [2.05, 4.69) is 30.3 Å². The quantitative estimate of drug-likeness (QED) is 0.132. The molecule has 3 N–H and O–H groups in total. The lowest BCUT2D eigenvalue weighted by Gasteiger charge is -2.39. The Bertz CT molecular complexity index is 1530. The van der Waals surface area contributed by atoms with Gasteiger partial charge in [0, 0.05) is 69.3 Å². The number of aliphatic hydroxyl groups excluding tert-OH is 2. The van der Waals surface area contributed by atoms with Crippen molar-refractivity contribution in [3.05, 3.63) is 89.0 Å². The molecular weight excluding hydrogens is 648 g/mol. The standard InChI is InChI=1S/C41H54N2O8/c44-23-5-3-12-40(47)42-22-20-36(32-16-18-35(19-17-32)50-26-8-25-49-30-34-9-1-2-11-38(34)46)39(28-42)51-29-31-14-15-33-10-7-21-43(37(33)27-31)41(48)13-4-6-24-45/h1-2,9,11,14-19,27,36,39,44-46H,3-8,10,12-13,20-26,28-30H2. The van der Waals surface area contributed by atoms with Crippen LogP contribution in [0, 0.1) is 0 Å². The van der Waals surface area contributed by atoms with E-state index in [0.29, 0.717) is 91.0 Å². The zero-order chi connectivity index (χ0) is 35.8. The van der Waals surface area contributed by atoms with E-state index in [1.807, 2.05) is 34.1 Å². The van der Waals surface area contributed by atoms with Gasteiger partial charge in [-0.25, -0.2) is 0 Å². The van der Waals surface area contributed by atoms with Crippen molar-refractivity contribution in [2.75, 3.05) is 51.0 Å². The highest BCUT2D eigenvalue weighted by Crippen LogP contribution is 2.34. The average Bonchev–Trinajstić information content (AvgIpc) is 3.16. The first-order valence-corrected chi connectivity index (χ1v) is 18.6. The Morgan fingerprint density at radius 3 is 2.33 bits per heavy atom. The van der Waals surface area contributed by atoms with E-state index < -0.39 is 0 Å². The summed E-state index contributed by atoms with van der Waals surface area (Å²) in [6.45, 7) is 3.75. The van der Waals surface area contributed by atoms with Gasteiger partial charge in [0.15, 0.2) is 0 Å². The predicted molar refractivity (Wildman–Crippen MR) is 196 cm³/mol. The minimum Gasteiger partial charge on any atom is -0.508 e. The van der Waals surface area contributed by atoms with E-state index in [1.54, 1.807) is 12.1 Å². The van der Waals surface area contributed by atoms with Gasteiger partial charge in [0.2, 0.25) is 11.8 Å². The summed E-state index contributed by atoms with van der Waals surface area (Å²) >= 11 is 0. The van der Waals surface area contributed by atoms with E-state index in [1.165, 1.54) is 0 Å². The number of rotatable bonds is 19. The SMILES string of the molecule is O=C(CCCCO)N1CCC(c2ccc(OCCCOCc3ccccc3O)cc2)C(OCc2ccc3c(c2)N(C(=O)CCCCO)CCC3)C1. The van der Waals surface area contributed by atoms with Crippen LogP contribution in [-0.2, 0) is 38.7 Å². The van der Waals surface area contributed by atoms with Gasteiger partial charge in [-0.1, -0.05) is 42.5 Å². The van der Waals surface area contributed by atoms with Crippen LogP contribution in [0.4, 0.5) is 5.69 Å². The molecule has 3 aromatic carbocycles. The summed E-state index contributed by atoms with van der Waals surface area (Å²) in [7, 11) is 0. The summed E-state index contributed by atoms with van der Waals surface area (Å²) in [5.74, 6) is 1.29. The number of anilines is 1. The van der Waals surface area contributed by atoms with E-state index in [4.69, 9.17) is 19.3 Å². The molecule has 0 saturated carbocycles. The smallest absolute Gasteiger partial charge is 0.226 e. The monoisotopic (exact) mass is 702 g/mol. The maximum atomic E-state index is 13.1. The van der Waals surface area contributed by atoms with Crippen molar-refractivity contribution in [3.63, 3.8) is 0 Å². The molecule has 0 aliphatic carbocycles. The van der Waals surface area contributed by atoms with Gasteiger partial charge in [0.1, 0.15) is 11.5 Å². The van der Waals surface area contributed by atoms with Crippen molar-refractivity contribution in [1.29, 1.82) is 0 Å². The summed E-state index contributed by atoms with van der Waals surface area (Å²) in [5, 5.41) is 28.2. The number of aromatic hydroxyl groups is 1. The first-order chi connectivity index (χ1) is 25.0. The number of hydrogen-bond acceptors (Lipinski definition) is 8. The summed E-state index contributed by atoms with van der Waals surface area (Å²) < 4.78 is 18.3. The van der Waals surface area contributed by atoms with E-state index in [0.717, 1.165) is 53.0 Å². The van der Waals surface area contributed by atoms with Crippen LogP contribution in [0.1, 0.15) is 86.0 Å². The third-order valence-electron chi connectivity index (χ3n) is 9.80. The van der Waals surface area contributed by atoms with Gasteiger partial charge in [-0.2, -0.15) is 0 Å². The topological polar surface area (TPSA) is 129 Å². The molecule has 2 unspecified atom stereocenters. The highest BCUT2D eigenvalue weighted by atomic mass is 16.5. The van der Waals surface area contributed by atoms with Gasteiger partial charge in [0.25, 0.3) is 0 Å². The molecule has 2 aliphatic heterocycles. The largest absolute Gasteiger partial charge is 0.508 e. The molecule has 2 aliphatic rings. The molecular formula is C41H54N2O8. The number of unbranched alkanes of at least 4 members (excludes halogenated alkanes) is 2. The van der Waals surface area contributed by atoms with Gasteiger partial charge in [0.05, 0.1) is 32.5 Å². The van der Waals surface area contributed by atoms with Crippen LogP contribution in [0.3, 0.4) is 0 Å². The highest BCUT2D eigenvalue weighted by Gasteiger charge is 2.33. The number of fused-ring (bicyclic) bond motifs is 1. The molecule has 276 valence electrons. The Morgan fingerprint density at radius 2 is 1.57 bits per heavy atom. The fourth-order valence-corrected chi connectivity index (χ4v) is 6.91. The summed E-state index contributed by atoms with van der Waals surface area (Å²) in [6.07, 6.45) is 6.53. The molecule has 1 fully saturated rings. The van der Waals surface area contributed by atoms with Gasteiger partial charge in [-0.05, 0) is 85.9 Å². The maximum absolute atomic E-state index is 13.1. The number of para-hydroxylation sites is 1. The van der Waals surface area contributed by atoms with Crippen molar-refractivity contribution in [2.24, 2.45) is 0 Å². The van der Waals surface area contributed by atoms with Gasteiger partial charge < -0.3 is 39.3 Å².